The molecule has 1 aromatic carbocycles. The Labute approximate surface area is 105 Å². The first-order chi connectivity index (χ1) is 7.89. The number of carbonyl (C=O) groups is 1. The lowest BCUT2D eigenvalue weighted by Crippen LogP contribution is -2.29. The Bertz CT molecular complexity index is 510. The topological polar surface area (TPSA) is 60.4 Å². The van der Waals surface area contributed by atoms with Crippen LogP contribution < -0.4 is 0 Å². The minimum Gasteiger partial charge on any atom is -0.465 e. The fraction of sp³-hybridized carbons (Fsp3) is 0.364. The van der Waals surface area contributed by atoms with Gasteiger partial charge in [-0.25, -0.2) is 8.42 Å². The van der Waals surface area contributed by atoms with Crippen molar-refractivity contribution in [1.82, 2.24) is 0 Å². The van der Waals surface area contributed by atoms with E-state index in [1.807, 2.05) is 0 Å². The Kier molecular flexibility index (Phi) is 4.54. The van der Waals surface area contributed by atoms with Gasteiger partial charge in [-0.15, -0.1) is 0 Å². The molecule has 0 fully saturated rings. The van der Waals surface area contributed by atoms with Crippen LogP contribution in [-0.4, -0.2) is 26.2 Å². The Morgan fingerprint density at radius 3 is 2.65 bits per heavy atom. The lowest BCUT2D eigenvalue weighted by molar-refractivity contribution is -0.142. The summed E-state index contributed by atoms with van der Waals surface area (Å²) < 4.78 is 28.8. The van der Waals surface area contributed by atoms with E-state index in [9.17, 15) is 13.2 Å². The molecule has 1 aromatic rings. The first-order valence-electron chi connectivity index (χ1n) is 5.05. The molecule has 0 amide bonds. The molecule has 0 aliphatic carbocycles. The molecule has 0 aliphatic heterocycles. The van der Waals surface area contributed by atoms with Crippen LogP contribution in [0, 0.1) is 0 Å². The largest absolute Gasteiger partial charge is 0.465 e. The molecule has 1 unspecified atom stereocenters. The Hall–Kier alpha value is -1.07. The molecular weight excluding hydrogens is 264 g/mol. The van der Waals surface area contributed by atoms with E-state index in [0.717, 1.165) is 0 Å². The quantitative estimate of drug-likeness (QED) is 0.790. The van der Waals surface area contributed by atoms with Gasteiger partial charge in [0.15, 0.2) is 15.1 Å². The number of ether oxygens (including phenoxy) is 1. The third-order valence-electron chi connectivity index (χ3n) is 2.21. The zero-order chi connectivity index (χ0) is 13.1. The average molecular weight is 277 g/mol. The fourth-order valence-electron chi connectivity index (χ4n) is 1.23. The molecule has 17 heavy (non-hydrogen) atoms. The van der Waals surface area contributed by atoms with Crippen LogP contribution in [-0.2, 0) is 19.4 Å². The van der Waals surface area contributed by atoms with Gasteiger partial charge >= 0.3 is 5.97 Å². The molecule has 0 aliphatic rings. The standard InChI is InChI=1S/C11H13ClO4S/c1-3-16-11(13)8(2)17(14,15)10-6-4-5-9(12)7-10/h4-8H,3H2,1-2H3. The third-order valence-corrected chi connectivity index (χ3v) is 4.48. The van der Waals surface area contributed by atoms with Crippen LogP contribution in [0.2, 0.25) is 5.02 Å². The van der Waals surface area contributed by atoms with Crippen molar-refractivity contribution in [1.29, 1.82) is 0 Å². The number of rotatable bonds is 4. The summed E-state index contributed by atoms with van der Waals surface area (Å²) in [6.45, 7) is 3.07. The SMILES string of the molecule is CCOC(=O)C(C)S(=O)(=O)c1cccc(Cl)c1. The van der Waals surface area contributed by atoms with Crippen LogP contribution in [0.4, 0.5) is 0 Å². The molecule has 0 spiro atoms. The van der Waals surface area contributed by atoms with Crippen molar-refractivity contribution in [3.05, 3.63) is 29.3 Å². The van der Waals surface area contributed by atoms with Crippen molar-refractivity contribution in [3.63, 3.8) is 0 Å². The summed E-state index contributed by atoms with van der Waals surface area (Å²) in [5.41, 5.74) is 0. The normalized spacial score (nSPS) is 13.1. The second kappa shape index (κ2) is 5.51. The molecule has 0 saturated heterocycles. The average Bonchev–Trinajstić information content (AvgIpc) is 2.28. The highest BCUT2D eigenvalue weighted by Crippen LogP contribution is 2.20. The number of hydrogen-bond donors (Lipinski definition) is 0. The van der Waals surface area contributed by atoms with Crippen molar-refractivity contribution in [2.45, 2.75) is 24.0 Å². The van der Waals surface area contributed by atoms with Gasteiger partial charge in [0.05, 0.1) is 11.5 Å². The van der Waals surface area contributed by atoms with E-state index in [1.165, 1.54) is 25.1 Å². The molecule has 4 nitrogen and oxygen atoms in total. The number of carbonyl (C=O) groups excluding carboxylic acids is 1. The van der Waals surface area contributed by atoms with Crippen LogP contribution >= 0.6 is 11.6 Å². The van der Waals surface area contributed by atoms with Gasteiger partial charge in [0.1, 0.15) is 0 Å². The zero-order valence-electron chi connectivity index (χ0n) is 9.51. The number of sulfone groups is 1. The van der Waals surface area contributed by atoms with Crippen molar-refractivity contribution < 1.29 is 17.9 Å². The van der Waals surface area contributed by atoms with E-state index >= 15 is 0 Å². The van der Waals surface area contributed by atoms with Crippen molar-refractivity contribution in [2.24, 2.45) is 0 Å². The van der Waals surface area contributed by atoms with Crippen molar-refractivity contribution in [3.8, 4) is 0 Å². The summed E-state index contributed by atoms with van der Waals surface area (Å²) in [6.07, 6.45) is 0. The number of benzene rings is 1. The molecule has 0 bridgehead atoms. The van der Waals surface area contributed by atoms with E-state index in [-0.39, 0.29) is 11.5 Å². The number of halogens is 1. The molecule has 0 heterocycles. The lowest BCUT2D eigenvalue weighted by Gasteiger charge is -2.11. The van der Waals surface area contributed by atoms with Gasteiger partial charge in [0, 0.05) is 5.02 Å². The molecular formula is C11H13ClO4S. The highest BCUT2D eigenvalue weighted by molar-refractivity contribution is 7.92. The number of esters is 1. The Morgan fingerprint density at radius 2 is 2.12 bits per heavy atom. The maximum absolute atomic E-state index is 12.0. The highest BCUT2D eigenvalue weighted by Gasteiger charge is 2.30. The predicted molar refractivity (Wildman–Crippen MR) is 64.7 cm³/mol. The van der Waals surface area contributed by atoms with Crippen LogP contribution in [0.1, 0.15) is 13.8 Å². The molecule has 0 aromatic heterocycles. The van der Waals surface area contributed by atoms with Gasteiger partial charge in [0.2, 0.25) is 0 Å². The first-order valence-corrected chi connectivity index (χ1v) is 6.98. The Morgan fingerprint density at radius 1 is 1.47 bits per heavy atom. The third kappa shape index (κ3) is 3.20. The van der Waals surface area contributed by atoms with Gasteiger partial charge < -0.3 is 4.74 Å². The summed E-state index contributed by atoms with van der Waals surface area (Å²) in [5.74, 6) is -0.757. The fourth-order valence-corrected chi connectivity index (χ4v) is 2.78. The molecule has 94 valence electrons. The molecule has 6 heteroatoms. The predicted octanol–water partition coefficient (Wildman–Crippen LogP) is 2.07. The minimum atomic E-state index is -3.74. The minimum absolute atomic E-state index is 0.0190. The smallest absolute Gasteiger partial charge is 0.324 e. The Balaban J connectivity index is 3.07. The van der Waals surface area contributed by atoms with Gasteiger partial charge in [0.25, 0.3) is 0 Å². The molecule has 1 rings (SSSR count). The molecule has 0 N–H and O–H groups in total. The van der Waals surface area contributed by atoms with Crippen LogP contribution in [0.25, 0.3) is 0 Å². The van der Waals surface area contributed by atoms with E-state index in [4.69, 9.17) is 16.3 Å². The van der Waals surface area contributed by atoms with E-state index < -0.39 is 21.1 Å². The summed E-state index contributed by atoms with van der Waals surface area (Å²) in [7, 11) is -3.74. The first kappa shape index (κ1) is 14.0. The second-order valence-corrected chi connectivity index (χ2v) is 6.10. The molecule has 1 atom stereocenters. The van der Waals surface area contributed by atoms with Crippen molar-refractivity contribution >= 4 is 27.4 Å². The molecule has 0 saturated carbocycles. The van der Waals surface area contributed by atoms with Crippen LogP contribution in [0.3, 0.4) is 0 Å². The maximum Gasteiger partial charge on any atom is 0.324 e. The summed E-state index contributed by atoms with van der Waals surface area (Å²) in [4.78, 5) is 11.4. The summed E-state index contributed by atoms with van der Waals surface area (Å²) in [5, 5.41) is -0.928. The summed E-state index contributed by atoms with van der Waals surface area (Å²) in [6, 6.07) is 5.80. The number of hydrogen-bond acceptors (Lipinski definition) is 4. The van der Waals surface area contributed by atoms with E-state index in [0.29, 0.717) is 5.02 Å². The van der Waals surface area contributed by atoms with Crippen molar-refractivity contribution in [2.75, 3.05) is 6.61 Å². The van der Waals surface area contributed by atoms with Gasteiger partial charge in [-0.2, -0.15) is 0 Å². The zero-order valence-corrected chi connectivity index (χ0v) is 11.1. The van der Waals surface area contributed by atoms with Crippen LogP contribution in [0.15, 0.2) is 29.2 Å². The highest BCUT2D eigenvalue weighted by atomic mass is 35.5. The summed E-state index contributed by atoms with van der Waals surface area (Å²) >= 11 is 5.72. The van der Waals surface area contributed by atoms with Gasteiger partial charge in [-0.05, 0) is 32.0 Å². The van der Waals surface area contributed by atoms with E-state index in [1.54, 1.807) is 13.0 Å². The van der Waals surface area contributed by atoms with E-state index in [2.05, 4.69) is 0 Å². The van der Waals surface area contributed by atoms with Gasteiger partial charge in [-0.1, -0.05) is 17.7 Å². The van der Waals surface area contributed by atoms with Gasteiger partial charge in [-0.3, -0.25) is 4.79 Å². The molecule has 0 radical (unpaired) electrons. The van der Waals surface area contributed by atoms with Crippen LogP contribution in [0.5, 0.6) is 0 Å². The maximum atomic E-state index is 12.0. The second-order valence-electron chi connectivity index (χ2n) is 3.40. The monoisotopic (exact) mass is 276 g/mol. The lowest BCUT2D eigenvalue weighted by atomic mass is 10.4.